The first-order chi connectivity index (χ1) is 8.26. The van der Waals surface area contributed by atoms with Gasteiger partial charge >= 0.3 is 0 Å². The highest BCUT2D eigenvalue weighted by Crippen LogP contribution is 2.27. The summed E-state index contributed by atoms with van der Waals surface area (Å²) in [7, 11) is 1.61. The molecule has 0 saturated carbocycles. The van der Waals surface area contributed by atoms with Crippen LogP contribution in [-0.2, 0) is 0 Å². The summed E-state index contributed by atoms with van der Waals surface area (Å²) in [6.45, 7) is 1.97. The maximum absolute atomic E-state index is 5.83. The number of rotatable bonds is 4. The standard InChI is InChI=1S/C12H15N3O2/c1-3-9(13)12-14-11(15-17-12)8-6-4-5-7-10(8)16-2/h4-7,9H,3,13H2,1-2H3. The first kappa shape index (κ1) is 11.6. The van der Waals surface area contributed by atoms with Gasteiger partial charge in [-0.2, -0.15) is 4.98 Å². The molecule has 1 aromatic carbocycles. The molecule has 0 spiro atoms. The van der Waals surface area contributed by atoms with E-state index in [2.05, 4.69) is 10.1 Å². The molecule has 1 heterocycles. The van der Waals surface area contributed by atoms with Crippen LogP contribution in [0.1, 0.15) is 25.3 Å². The van der Waals surface area contributed by atoms with Crippen LogP contribution in [0.2, 0.25) is 0 Å². The van der Waals surface area contributed by atoms with Crippen LogP contribution in [0.25, 0.3) is 11.4 Å². The Labute approximate surface area is 99.6 Å². The smallest absolute Gasteiger partial charge is 0.243 e. The lowest BCUT2D eigenvalue weighted by Crippen LogP contribution is -2.08. The van der Waals surface area contributed by atoms with E-state index in [0.29, 0.717) is 17.5 Å². The fourth-order valence-electron chi connectivity index (χ4n) is 1.50. The molecule has 0 aliphatic carbocycles. The Kier molecular flexibility index (Phi) is 3.39. The number of methoxy groups -OCH3 is 1. The third-order valence-electron chi connectivity index (χ3n) is 2.55. The van der Waals surface area contributed by atoms with E-state index in [0.717, 1.165) is 12.0 Å². The first-order valence-corrected chi connectivity index (χ1v) is 5.48. The van der Waals surface area contributed by atoms with Gasteiger partial charge < -0.3 is 15.0 Å². The van der Waals surface area contributed by atoms with Gasteiger partial charge in [0.15, 0.2) is 0 Å². The molecule has 0 saturated heterocycles. The van der Waals surface area contributed by atoms with Crippen LogP contribution in [0.3, 0.4) is 0 Å². The molecule has 0 aliphatic heterocycles. The van der Waals surface area contributed by atoms with Crippen LogP contribution in [0.4, 0.5) is 0 Å². The molecule has 5 nitrogen and oxygen atoms in total. The van der Waals surface area contributed by atoms with Crippen LogP contribution < -0.4 is 10.5 Å². The second kappa shape index (κ2) is 4.97. The summed E-state index contributed by atoms with van der Waals surface area (Å²) in [5.41, 5.74) is 6.63. The van der Waals surface area contributed by atoms with Crippen LogP contribution in [0.15, 0.2) is 28.8 Å². The zero-order chi connectivity index (χ0) is 12.3. The van der Waals surface area contributed by atoms with E-state index < -0.39 is 0 Å². The number of ether oxygens (including phenoxy) is 1. The lowest BCUT2D eigenvalue weighted by atomic mass is 10.2. The van der Waals surface area contributed by atoms with Gasteiger partial charge in [0.1, 0.15) is 5.75 Å². The van der Waals surface area contributed by atoms with E-state index >= 15 is 0 Å². The Morgan fingerprint density at radius 3 is 2.88 bits per heavy atom. The van der Waals surface area contributed by atoms with Crippen molar-refractivity contribution in [3.05, 3.63) is 30.2 Å². The lowest BCUT2D eigenvalue weighted by Gasteiger charge is -2.03. The van der Waals surface area contributed by atoms with Gasteiger partial charge in [-0.05, 0) is 18.6 Å². The van der Waals surface area contributed by atoms with Crippen molar-refractivity contribution in [2.75, 3.05) is 7.11 Å². The average molecular weight is 233 g/mol. The highest BCUT2D eigenvalue weighted by molar-refractivity contribution is 5.63. The number of benzene rings is 1. The van der Waals surface area contributed by atoms with Gasteiger partial charge in [-0.25, -0.2) is 0 Å². The topological polar surface area (TPSA) is 74.2 Å². The summed E-state index contributed by atoms with van der Waals surface area (Å²) >= 11 is 0. The maximum atomic E-state index is 5.83. The average Bonchev–Trinajstić information content (AvgIpc) is 2.87. The van der Waals surface area contributed by atoms with E-state index in [9.17, 15) is 0 Å². The quantitative estimate of drug-likeness (QED) is 0.875. The molecule has 0 aliphatic rings. The molecule has 5 heteroatoms. The minimum Gasteiger partial charge on any atom is -0.496 e. The summed E-state index contributed by atoms with van der Waals surface area (Å²) < 4.78 is 10.4. The van der Waals surface area contributed by atoms with Crippen molar-refractivity contribution < 1.29 is 9.26 Å². The van der Waals surface area contributed by atoms with E-state index in [1.165, 1.54) is 0 Å². The molecule has 1 aromatic heterocycles. The molecule has 90 valence electrons. The molecular formula is C12H15N3O2. The van der Waals surface area contributed by atoms with Gasteiger partial charge in [-0.3, -0.25) is 0 Å². The first-order valence-electron chi connectivity index (χ1n) is 5.48. The third kappa shape index (κ3) is 2.29. The molecule has 2 N–H and O–H groups in total. The maximum Gasteiger partial charge on any atom is 0.243 e. The second-order valence-electron chi connectivity index (χ2n) is 3.67. The fraction of sp³-hybridized carbons (Fsp3) is 0.333. The molecule has 0 fully saturated rings. The molecule has 1 unspecified atom stereocenters. The molecule has 17 heavy (non-hydrogen) atoms. The molecule has 0 amide bonds. The Hall–Kier alpha value is -1.88. The molecule has 0 bridgehead atoms. The predicted octanol–water partition coefficient (Wildman–Crippen LogP) is 2.16. The van der Waals surface area contributed by atoms with Crippen molar-refractivity contribution in [2.45, 2.75) is 19.4 Å². The van der Waals surface area contributed by atoms with Crippen molar-refractivity contribution in [3.8, 4) is 17.1 Å². The summed E-state index contributed by atoms with van der Waals surface area (Å²) in [5.74, 6) is 1.67. The normalized spacial score (nSPS) is 12.4. The van der Waals surface area contributed by atoms with E-state index in [1.54, 1.807) is 7.11 Å². The molecular weight excluding hydrogens is 218 g/mol. The lowest BCUT2D eigenvalue weighted by molar-refractivity contribution is 0.352. The summed E-state index contributed by atoms with van der Waals surface area (Å²) in [6, 6.07) is 7.30. The van der Waals surface area contributed by atoms with Crippen molar-refractivity contribution in [1.82, 2.24) is 10.1 Å². The van der Waals surface area contributed by atoms with Crippen molar-refractivity contribution in [2.24, 2.45) is 5.73 Å². The zero-order valence-electron chi connectivity index (χ0n) is 9.88. The highest BCUT2D eigenvalue weighted by Gasteiger charge is 2.16. The summed E-state index contributed by atoms with van der Waals surface area (Å²) in [5, 5.41) is 3.92. The largest absolute Gasteiger partial charge is 0.496 e. The Bertz CT molecular complexity index is 496. The Morgan fingerprint density at radius 1 is 1.41 bits per heavy atom. The van der Waals surface area contributed by atoms with Crippen LogP contribution in [0, 0.1) is 0 Å². The summed E-state index contributed by atoms with van der Waals surface area (Å²) in [4.78, 5) is 4.28. The highest BCUT2D eigenvalue weighted by atomic mass is 16.5. The molecule has 2 rings (SSSR count). The molecule has 2 aromatic rings. The molecule has 0 radical (unpaired) electrons. The number of nitrogens with two attached hydrogens (primary N) is 1. The van der Waals surface area contributed by atoms with Crippen molar-refractivity contribution in [1.29, 1.82) is 0 Å². The predicted molar refractivity (Wildman–Crippen MR) is 63.5 cm³/mol. The number of nitrogens with zero attached hydrogens (tertiary/aromatic N) is 2. The van der Waals surface area contributed by atoms with E-state index in [1.807, 2.05) is 31.2 Å². The minimum absolute atomic E-state index is 0.217. The third-order valence-corrected chi connectivity index (χ3v) is 2.55. The van der Waals surface area contributed by atoms with Gasteiger partial charge in [0.25, 0.3) is 0 Å². The van der Waals surface area contributed by atoms with Crippen LogP contribution in [0.5, 0.6) is 5.75 Å². The van der Waals surface area contributed by atoms with Crippen LogP contribution in [-0.4, -0.2) is 17.3 Å². The molecule has 1 atom stereocenters. The van der Waals surface area contributed by atoms with Gasteiger partial charge in [0, 0.05) is 0 Å². The number of para-hydroxylation sites is 1. The zero-order valence-corrected chi connectivity index (χ0v) is 9.88. The van der Waals surface area contributed by atoms with Crippen molar-refractivity contribution >= 4 is 0 Å². The Morgan fingerprint density at radius 2 is 2.18 bits per heavy atom. The van der Waals surface area contributed by atoms with Crippen molar-refractivity contribution in [3.63, 3.8) is 0 Å². The minimum atomic E-state index is -0.217. The second-order valence-corrected chi connectivity index (χ2v) is 3.67. The Balaban J connectivity index is 2.37. The number of hydrogen-bond donors (Lipinski definition) is 1. The van der Waals surface area contributed by atoms with Gasteiger partial charge in [0.2, 0.25) is 11.7 Å². The number of hydrogen-bond acceptors (Lipinski definition) is 5. The summed E-state index contributed by atoms with van der Waals surface area (Å²) in [6.07, 6.45) is 0.757. The SMILES string of the molecule is CCC(N)c1nc(-c2ccccc2OC)no1. The van der Waals surface area contributed by atoms with Gasteiger partial charge in [-0.15, -0.1) is 0 Å². The number of aromatic nitrogens is 2. The van der Waals surface area contributed by atoms with Crippen LogP contribution >= 0.6 is 0 Å². The fourth-order valence-corrected chi connectivity index (χ4v) is 1.50. The monoisotopic (exact) mass is 233 g/mol. The van der Waals surface area contributed by atoms with Gasteiger partial charge in [-0.1, -0.05) is 24.2 Å². The van der Waals surface area contributed by atoms with Gasteiger partial charge in [0.05, 0.1) is 18.7 Å². The van der Waals surface area contributed by atoms with E-state index in [4.69, 9.17) is 15.0 Å². The van der Waals surface area contributed by atoms with E-state index in [-0.39, 0.29) is 6.04 Å².